The summed E-state index contributed by atoms with van der Waals surface area (Å²) >= 11 is 5.57. The van der Waals surface area contributed by atoms with Crippen molar-refractivity contribution in [1.82, 2.24) is 9.21 Å². The van der Waals surface area contributed by atoms with Crippen LogP contribution < -0.4 is 4.74 Å². The van der Waals surface area contributed by atoms with E-state index in [2.05, 4.69) is 0 Å². The zero-order chi connectivity index (χ0) is 15.9. The molecule has 0 aliphatic rings. The van der Waals surface area contributed by atoms with E-state index < -0.39 is 10.0 Å². The maximum absolute atomic E-state index is 12.4. The van der Waals surface area contributed by atoms with Crippen molar-refractivity contribution in [3.63, 3.8) is 0 Å². The lowest BCUT2D eigenvalue weighted by Gasteiger charge is -2.19. The van der Waals surface area contributed by atoms with Gasteiger partial charge in [-0.15, -0.1) is 11.6 Å². The molecule has 21 heavy (non-hydrogen) atoms. The largest absolute Gasteiger partial charge is 0.494 e. The Kier molecular flexibility index (Phi) is 7.45. The van der Waals surface area contributed by atoms with Gasteiger partial charge in [-0.1, -0.05) is 0 Å². The van der Waals surface area contributed by atoms with Crippen molar-refractivity contribution in [2.75, 3.05) is 46.7 Å². The van der Waals surface area contributed by atoms with Crippen LogP contribution in [0.4, 0.5) is 0 Å². The quantitative estimate of drug-likeness (QED) is 0.511. The molecule has 120 valence electrons. The Morgan fingerprint density at radius 2 is 1.71 bits per heavy atom. The van der Waals surface area contributed by atoms with E-state index in [1.165, 1.54) is 4.31 Å². The average Bonchev–Trinajstić information content (AvgIpc) is 2.45. The summed E-state index contributed by atoms with van der Waals surface area (Å²) in [5.41, 5.74) is 0. The summed E-state index contributed by atoms with van der Waals surface area (Å²) in [4.78, 5) is 2.22. The number of rotatable bonds is 9. The van der Waals surface area contributed by atoms with Gasteiger partial charge in [-0.2, -0.15) is 4.31 Å². The second kappa shape index (κ2) is 8.58. The first-order valence-corrected chi connectivity index (χ1v) is 8.75. The molecule has 5 nitrogen and oxygen atoms in total. The van der Waals surface area contributed by atoms with Crippen LogP contribution in [0, 0.1) is 0 Å². The highest BCUT2D eigenvalue weighted by Gasteiger charge is 2.20. The van der Waals surface area contributed by atoms with Crippen LogP contribution in [-0.4, -0.2) is 64.3 Å². The summed E-state index contributed by atoms with van der Waals surface area (Å²) in [6.07, 6.45) is 0.759. The van der Waals surface area contributed by atoms with E-state index in [1.807, 2.05) is 19.0 Å². The SMILES string of the molecule is CN(C)CCN(C)S(=O)(=O)c1ccc(OCCCCl)cc1. The fourth-order valence-corrected chi connectivity index (χ4v) is 2.86. The molecular weight excluding hydrogens is 312 g/mol. The molecule has 0 atom stereocenters. The predicted octanol–water partition coefficient (Wildman–Crippen LogP) is 1.88. The Bertz CT molecular complexity index is 518. The number of benzene rings is 1. The van der Waals surface area contributed by atoms with Crippen LogP contribution in [0.3, 0.4) is 0 Å². The average molecular weight is 335 g/mol. The number of likely N-dealkylation sites (N-methyl/N-ethyl adjacent to an activating group) is 2. The second-order valence-electron chi connectivity index (χ2n) is 4.99. The van der Waals surface area contributed by atoms with Crippen molar-refractivity contribution >= 4 is 21.6 Å². The van der Waals surface area contributed by atoms with Crippen LogP contribution in [0.15, 0.2) is 29.2 Å². The van der Waals surface area contributed by atoms with Crippen molar-refractivity contribution < 1.29 is 13.2 Å². The van der Waals surface area contributed by atoms with Gasteiger partial charge in [0.15, 0.2) is 0 Å². The molecule has 0 aromatic heterocycles. The highest BCUT2D eigenvalue weighted by Crippen LogP contribution is 2.18. The second-order valence-corrected chi connectivity index (χ2v) is 7.42. The predicted molar refractivity (Wildman–Crippen MR) is 85.6 cm³/mol. The molecule has 0 aliphatic heterocycles. The maximum Gasteiger partial charge on any atom is 0.242 e. The topological polar surface area (TPSA) is 49.9 Å². The molecule has 1 rings (SSSR count). The minimum Gasteiger partial charge on any atom is -0.494 e. The fourth-order valence-electron chi connectivity index (χ4n) is 1.59. The molecule has 0 bridgehead atoms. The number of ether oxygens (including phenoxy) is 1. The summed E-state index contributed by atoms with van der Waals surface area (Å²) in [6, 6.07) is 6.47. The van der Waals surface area contributed by atoms with E-state index in [4.69, 9.17) is 16.3 Å². The van der Waals surface area contributed by atoms with Crippen molar-refractivity contribution in [3.8, 4) is 5.75 Å². The van der Waals surface area contributed by atoms with Gasteiger partial charge in [0.2, 0.25) is 10.0 Å². The minimum absolute atomic E-state index is 0.272. The number of hydrogen-bond donors (Lipinski definition) is 0. The number of sulfonamides is 1. The first-order chi connectivity index (χ1) is 9.87. The van der Waals surface area contributed by atoms with Crippen molar-refractivity contribution in [2.45, 2.75) is 11.3 Å². The van der Waals surface area contributed by atoms with Crippen LogP contribution in [0.2, 0.25) is 0 Å². The van der Waals surface area contributed by atoms with Gasteiger partial charge in [0, 0.05) is 26.0 Å². The van der Waals surface area contributed by atoms with E-state index in [0.717, 1.165) is 6.42 Å². The monoisotopic (exact) mass is 334 g/mol. The fraction of sp³-hybridized carbons (Fsp3) is 0.571. The van der Waals surface area contributed by atoms with Crippen LogP contribution in [0.1, 0.15) is 6.42 Å². The Balaban J connectivity index is 2.70. The lowest BCUT2D eigenvalue weighted by molar-refractivity contribution is 0.318. The first-order valence-electron chi connectivity index (χ1n) is 6.78. The van der Waals surface area contributed by atoms with Crippen molar-refractivity contribution in [3.05, 3.63) is 24.3 Å². The Hall–Kier alpha value is -0.820. The molecule has 0 fully saturated rings. The van der Waals surface area contributed by atoms with E-state index in [1.54, 1.807) is 31.3 Å². The lowest BCUT2D eigenvalue weighted by Crippen LogP contribution is -2.33. The van der Waals surface area contributed by atoms with Crippen LogP contribution in [-0.2, 0) is 10.0 Å². The third-order valence-corrected chi connectivity index (χ3v) is 5.08. The van der Waals surface area contributed by atoms with Gasteiger partial charge in [0.1, 0.15) is 5.75 Å². The molecule has 0 amide bonds. The third kappa shape index (κ3) is 5.82. The molecule has 0 heterocycles. The van der Waals surface area contributed by atoms with Gasteiger partial charge in [-0.05, 0) is 44.8 Å². The third-order valence-electron chi connectivity index (χ3n) is 2.94. The highest BCUT2D eigenvalue weighted by molar-refractivity contribution is 7.89. The minimum atomic E-state index is -3.45. The first kappa shape index (κ1) is 18.2. The molecule has 0 aliphatic carbocycles. The normalized spacial score (nSPS) is 12.1. The molecular formula is C14H23ClN2O3S. The van der Waals surface area contributed by atoms with E-state index in [0.29, 0.717) is 31.3 Å². The van der Waals surface area contributed by atoms with Gasteiger partial charge < -0.3 is 9.64 Å². The standard InChI is InChI=1S/C14H23ClN2O3S/c1-16(2)10-11-17(3)21(18,19)14-7-5-13(6-8-14)20-12-4-9-15/h5-8H,4,9-12H2,1-3H3. The summed E-state index contributed by atoms with van der Waals surface area (Å²) in [5.74, 6) is 1.19. The number of alkyl halides is 1. The Morgan fingerprint density at radius 1 is 1.10 bits per heavy atom. The van der Waals surface area contributed by atoms with Crippen molar-refractivity contribution in [1.29, 1.82) is 0 Å². The zero-order valence-corrected chi connectivity index (χ0v) is 14.3. The summed E-state index contributed by atoms with van der Waals surface area (Å²) in [5, 5.41) is 0. The van der Waals surface area contributed by atoms with E-state index in [9.17, 15) is 8.42 Å². The molecule has 0 saturated carbocycles. The molecule has 7 heteroatoms. The molecule has 0 saturated heterocycles. The van der Waals surface area contributed by atoms with E-state index in [-0.39, 0.29) is 4.90 Å². The van der Waals surface area contributed by atoms with Crippen molar-refractivity contribution in [2.24, 2.45) is 0 Å². The van der Waals surface area contributed by atoms with Gasteiger partial charge in [-0.3, -0.25) is 0 Å². The smallest absolute Gasteiger partial charge is 0.242 e. The lowest BCUT2D eigenvalue weighted by atomic mass is 10.3. The summed E-state index contributed by atoms with van der Waals surface area (Å²) < 4.78 is 31.5. The molecule has 0 radical (unpaired) electrons. The van der Waals surface area contributed by atoms with Gasteiger partial charge in [0.05, 0.1) is 11.5 Å². The summed E-state index contributed by atoms with van der Waals surface area (Å²) in [6.45, 7) is 1.65. The van der Waals surface area contributed by atoms with Crippen LogP contribution >= 0.6 is 11.6 Å². The van der Waals surface area contributed by atoms with Crippen LogP contribution in [0.5, 0.6) is 5.75 Å². The highest BCUT2D eigenvalue weighted by atomic mass is 35.5. The molecule has 0 spiro atoms. The molecule has 0 N–H and O–H groups in total. The Morgan fingerprint density at radius 3 is 2.24 bits per heavy atom. The van der Waals surface area contributed by atoms with Gasteiger partial charge in [0.25, 0.3) is 0 Å². The van der Waals surface area contributed by atoms with Gasteiger partial charge >= 0.3 is 0 Å². The number of halogens is 1. The molecule has 1 aromatic rings. The van der Waals surface area contributed by atoms with E-state index >= 15 is 0 Å². The van der Waals surface area contributed by atoms with Crippen LogP contribution in [0.25, 0.3) is 0 Å². The molecule has 0 unspecified atom stereocenters. The number of nitrogens with zero attached hydrogens (tertiary/aromatic N) is 2. The zero-order valence-electron chi connectivity index (χ0n) is 12.8. The summed E-state index contributed by atoms with van der Waals surface area (Å²) in [7, 11) is 1.96. The molecule has 1 aromatic carbocycles. The van der Waals surface area contributed by atoms with Gasteiger partial charge in [-0.25, -0.2) is 8.42 Å². The maximum atomic E-state index is 12.4. The number of hydrogen-bond acceptors (Lipinski definition) is 4. The Labute approximate surface area is 132 Å².